The second kappa shape index (κ2) is 6.81. The molecule has 0 aromatic carbocycles. The van der Waals surface area contributed by atoms with Crippen molar-refractivity contribution in [1.29, 1.82) is 0 Å². The summed E-state index contributed by atoms with van der Waals surface area (Å²) in [6.45, 7) is 5.63. The zero-order valence-electron chi connectivity index (χ0n) is 10.5. The lowest BCUT2D eigenvalue weighted by Gasteiger charge is -2.23. The Morgan fingerprint density at radius 1 is 1.47 bits per heavy atom. The van der Waals surface area contributed by atoms with Gasteiger partial charge in [0.15, 0.2) is 0 Å². The predicted octanol–water partition coefficient (Wildman–Crippen LogP) is 1.16. The maximum atomic E-state index is 11.7. The summed E-state index contributed by atoms with van der Waals surface area (Å²) in [5, 5.41) is 0. The van der Waals surface area contributed by atoms with Crippen molar-refractivity contribution in [2.75, 3.05) is 27.2 Å². The number of likely N-dealkylation sites (N-methyl/N-ethyl adjacent to an activating group) is 1. The molecule has 0 N–H and O–H groups in total. The molecule has 17 heavy (non-hydrogen) atoms. The average Bonchev–Trinajstić information content (AvgIpc) is 2.34. The van der Waals surface area contributed by atoms with E-state index in [1.807, 2.05) is 31.1 Å². The minimum absolute atomic E-state index is 0.0456. The number of rotatable bonds is 6. The molecule has 0 unspecified atom stereocenters. The Balaban J connectivity index is 2.63. The molecule has 0 bridgehead atoms. The summed E-state index contributed by atoms with van der Waals surface area (Å²) in [5.74, 6) is -0.0456. The third-order valence-corrected chi connectivity index (χ3v) is 2.40. The lowest BCUT2D eigenvalue weighted by Crippen LogP contribution is -2.35. The SMILES string of the molecule is C=CC(=O)N(CCN(C)C)Cc1cccnc1. The molecule has 0 aliphatic rings. The summed E-state index contributed by atoms with van der Waals surface area (Å²) in [5.41, 5.74) is 1.03. The highest BCUT2D eigenvalue weighted by Crippen LogP contribution is 2.03. The highest BCUT2D eigenvalue weighted by Gasteiger charge is 2.10. The molecule has 1 rings (SSSR count). The number of hydrogen-bond acceptors (Lipinski definition) is 3. The quantitative estimate of drug-likeness (QED) is 0.692. The summed E-state index contributed by atoms with van der Waals surface area (Å²) in [4.78, 5) is 19.6. The van der Waals surface area contributed by atoms with Gasteiger partial charge in [0, 0.05) is 32.0 Å². The molecule has 4 heteroatoms. The molecule has 1 aromatic rings. The molecule has 0 radical (unpaired) electrons. The number of carbonyl (C=O) groups is 1. The van der Waals surface area contributed by atoms with Crippen LogP contribution in [0.5, 0.6) is 0 Å². The van der Waals surface area contributed by atoms with Gasteiger partial charge in [0.25, 0.3) is 0 Å². The van der Waals surface area contributed by atoms with Crippen LogP contribution in [0.1, 0.15) is 5.56 Å². The van der Waals surface area contributed by atoms with E-state index < -0.39 is 0 Å². The number of pyridine rings is 1. The molecule has 0 spiro atoms. The van der Waals surface area contributed by atoms with E-state index in [1.165, 1.54) is 6.08 Å². The van der Waals surface area contributed by atoms with Gasteiger partial charge in [0.05, 0.1) is 0 Å². The van der Waals surface area contributed by atoms with Crippen LogP contribution in [0.4, 0.5) is 0 Å². The van der Waals surface area contributed by atoms with Crippen LogP contribution in [-0.2, 0) is 11.3 Å². The van der Waals surface area contributed by atoms with Gasteiger partial charge >= 0.3 is 0 Å². The van der Waals surface area contributed by atoms with E-state index in [4.69, 9.17) is 0 Å². The van der Waals surface area contributed by atoms with Crippen molar-refractivity contribution in [1.82, 2.24) is 14.8 Å². The normalized spacial score (nSPS) is 10.3. The van der Waals surface area contributed by atoms with Crippen molar-refractivity contribution in [3.05, 3.63) is 42.7 Å². The van der Waals surface area contributed by atoms with Crippen LogP contribution in [0.15, 0.2) is 37.2 Å². The van der Waals surface area contributed by atoms with Crippen LogP contribution in [0.25, 0.3) is 0 Å². The molecule has 4 nitrogen and oxygen atoms in total. The molecular formula is C13H19N3O. The molecule has 92 valence electrons. The summed E-state index contributed by atoms with van der Waals surface area (Å²) >= 11 is 0. The van der Waals surface area contributed by atoms with Crippen LogP contribution >= 0.6 is 0 Å². The van der Waals surface area contributed by atoms with Crippen LogP contribution < -0.4 is 0 Å². The van der Waals surface area contributed by atoms with Crippen molar-refractivity contribution >= 4 is 5.91 Å². The molecule has 1 amide bonds. The highest BCUT2D eigenvalue weighted by atomic mass is 16.2. The fourth-order valence-corrected chi connectivity index (χ4v) is 1.43. The second-order valence-electron chi connectivity index (χ2n) is 4.13. The van der Waals surface area contributed by atoms with Gasteiger partial charge < -0.3 is 9.80 Å². The Hall–Kier alpha value is -1.68. The zero-order valence-corrected chi connectivity index (χ0v) is 10.5. The fourth-order valence-electron chi connectivity index (χ4n) is 1.43. The van der Waals surface area contributed by atoms with Crippen LogP contribution in [0.3, 0.4) is 0 Å². The Kier molecular flexibility index (Phi) is 5.36. The van der Waals surface area contributed by atoms with Crippen molar-refractivity contribution in [2.24, 2.45) is 0 Å². The minimum Gasteiger partial charge on any atom is -0.334 e. The van der Waals surface area contributed by atoms with E-state index in [0.29, 0.717) is 13.1 Å². The van der Waals surface area contributed by atoms with E-state index in [1.54, 1.807) is 17.3 Å². The first-order valence-corrected chi connectivity index (χ1v) is 5.58. The molecule has 0 aliphatic heterocycles. The first-order valence-electron chi connectivity index (χ1n) is 5.58. The van der Waals surface area contributed by atoms with Gasteiger partial charge in [0.2, 0.25) is 5.91 Å². The van der Waals surface area contributed by atoms with Crippen molar-refractivity contribution in [3.8, 4) is 0 Å². The third-order valence-electron chi connectivity index (χ3n) is 2.40. The Bertz CT molecular complexity index is 362. The Morgan fingerprint density at radius 3 is 2.76 bits per heavy atom. The number of aromatic nitrogens is 1. The monoisotopic (exact) mass is 233 g/mol. The maximum Gasteiger partial charge on any atom is 0.246 e. The number of nitrogens with zero attached hydrogens (tertiary/aromatic N) is 3. The van der Waals surface area contributed by atoms with Crippen LogP contribution in [0, 0.1) is 0 Å². The van der Waals surface area contributed by atoms with Crippen molar-refractivity contribution in [2.45, 2.75) is 6.54 Å². The molecule has 0 atom stereocenters. The molecule has 1 heterocycles. The standard InChI is InChI=1S/C13H19N3O/c1-4-13(17)16(9-8-15(2)3)11-12-6-5-7-14-10-12/h4-7,10H,1,8-9,11H2,2-3H3. The number of amides is 1. The molecule has 1 aromatic heterocycles. The molecule has 0 aliphatic carbocycles. The summed E-state index contributed by atoms with van der Waals surface area (Å²) < 4.78 is 0. The largest absolute Gasteiger partial charge is 0.334 e. The van der Waals surface area contributed by atoms with E-state index in [0.717, 1.165) is 12.1 Å². The lowest BCUT2D eigenvalue weighted by molar-refractivity contribution is -0.126. The molecular weight excluding hydrogens is 214 g/mol. The zero-order chi connectivity index (χ0) is 12.7. The van der Waals surface area contributed by atoms with Crippen LogP contribution in [-0.4, -0.2) is 47.9 Å². The summed E-state index contributed by atoms with van der Waals surface area (Å²) in [6, 6.07) is 3.84. The minimum atomic E-state index is -0.0456. The second-order valence-corrected chi connectivity index (χ2v) is 4.13. The first kappa shape index (κ1) is 13.4. The van der Waals surface area contributed by atoms with E-state index >= 15 is 0 Å². The summed E-state index contributed by atoms with van der Waals surface area (Å²) in [6.07, 6.45) is 4.86. The van der Waals surface area contributed by atoms with Gasteiger partial charge in [0.1, 0.15) is 0 Å². The summed E-state index contributed by atoms with van der Waals surface area (Å²) in [7, 11) is 3.97. The van der Waals surface area contributed by atoms with Crippen molar-refractivity contribution in [3.63, 3.8) is 0 Å². The van der Waals surface area contributed by atoms with E-state index in [2.05, 4.69) is 11.6 Å². The van der Waals surface area contributed by atoms with Gasteiger partial charge in [-0.25, -0.2) is 0 Å². The molecule has 0 fully saturated rings. The topological polar surface area (TPSA) is 36.4 Å². The third kappa shape index (κ3) is 4.78. The van der Waals surface area contributed by atoms with Gasteiger partial charge in [-0.15, -0.1) is 0 Å². The number of carbonyl (C=O) groups excluding carboxylic acids is 1. The molecule has 0 saturated carbocycles. The average molecular weight is 233 g/mol. The van der Waals surface area contributed by atoms with Gasteiger partial charge in [-0.3, -0.25) is 9.78 Å². The van der Waals surface area contributed by atoms with Gasteiger partial charge in [-0.05, 0) is 31.8 Å². The first-order chi connectivity index (χ1) is 8.13. The smallest absolute Gasteiger partial charge is 0.246 e. The maximum absolute atomic E-state index is 11.7. The Morgan fingerprint density at radius 2 is 2.24 bits per heavy atom. The molecule has 0 saturated heterocycles. The van der Waals surface area contributed by atoms with E-state index in [-0.39, 0.29) is 5.91 Å². The van der Waals surface area contributed by atoms with E-state index in [9.17, 15) is 4.79 Å². The fraction of sp³-hybridized carbons (Fsp3) is 0.385. The van der Waals surface area contributed by atoms with Gasteiger partial charge in [-0.2, -0.15) is 0 Å². The predicted molar refractivity (Wildman–Crippen MR) is 68.4 cm³/mol. The number of hydrogen-bond donors (Lipinski definition) is 0. The lowest BCUT2D eigenvalue weighted by atomic mass is 10.2. The Labute approximate surface area is 103 Å². The van der Waals surface area contributed by atoms with Crippen LogP contribution in [0.2, 0.25) is 0 Å². The van der Waals surface area contributed by atoms with Gasteiger partial charge in [-0.1, -0.05) is 12.6 Å². The highest BCUT2D eigenvalue weighted by molar-refractivity contribution is 5.86. The van der Waals surface area contributed by atoms with Crippen molar-refractivity contribution < 1.29 is 4.79 Å².